The maximum atomic E-state index is 9.86. The molecule has 2 N–H and O–H groups in total. The second-order valence-corrected chi connectivity index (χ2v) is 4.48. The predicted octanol–water partition coefficient (Wildman–Crippen LogP) is 3.90. The third kappa shape index (κ3) is 3.42. The molecule has 104 valence electrons. The fourth-order valence-corrected chi connectivity index (χ4v) is 1.79. The SMILES string of the molecule is CCOc1ccc(C=Nc2cc(Cl)ccc2O)c(O)c1. The van der Waals surface area contributed by atoms with Crippen LogP contribution in [0.2, 0.25) is 5.02 Å². The Kier molecular flexibility index (Phi) is 4.48. The van der Waals surface area contributed by atoms with Crippen LogP contribution in [0, 0.1) is 0 Å². The Morgan fingerprint density at radius 3 is 2.65 bits per heavy atom. The van der Waals surface area contributed by atoms with Crippen LogP contribution < -0.4 is 4.74 Å². The summed E-state index contributed by atoms with van der Waals surface area (Å²) in [6.45, 7) is 2.40. The molecule has 0 aliphatic heterocycles. The van der Waals surface area contributed by atoms with Crippen molar-refractivity contribution >= 4 is 23.5 Å². The molecule has 0 unspecified atom stereocenters. The van der Waals surface area contributed by atoms with Gasteiger partial charge in [-0.2, -0.15) is 0 Å². The summed E-state index contributed by atoms with van der Waals surface area (Å²) in [4.78, 5) is 4.11. The summed E-state index contributed by atoms with van der Waals surface area (Å²) >= 11 is 5.83. The quantitative estimate of drug-likeness (QED) is 0.840. The maximum absolute atomic E-state index is 9.86. The van der Waals surface area contributed by atoms with E-state index in [1.54, 1.807) is 24.3 Å². The summed E-state index contributed by atoms with van der Waals surface area (Å²) in [6, 6.07) is 9.52. The van der Waals surface area contributed by atoms with Gasteiger partial charge in [0.05, 0.1) is 6.61 Å². The molecule has 0 radical (unpaired) electrons. The van der Waals surface area contributed by atoms with E-state index in [4.69, 9.17) is 16.3 Å². The Hall–Kier alpha value is -2.20. The number of halogens is 1. The average molecular weight is 292 g/mol. The standard InChI is InChI=1S/C15H14ClNO3/c1-2-20-12-5-3-10(15(19)8-12)9-17-13-7-11(16)4-6-14(13)18/h3-9,18-19H,2H2,1H3. The van der Waals surface area contributed by atoms with E-state index >= 15 is 0 Å². The Bertz CT molecular complexity index is 641. The van der Waals surface area contributed by atoms with Crippen molar-refractivity contribution in [2.45, 2.75) is 6.92 Å². The van der Waals surface area contributed by atoms with Gasteiger partial charge in [0.15, 0.2) is 0 Å². The molecule has 4 nitrogen and oxygen atoms in total. The summed E-state index contributed by atoms with van der Waals surface area (Å²) in [5.41, 5.74) is 0.860. The number of phenols is 2. The highest BCUT2D eigenvalue weighted by Gasteiger charge is 2.03. The normalized spacial score (nSPS) is 10.9. The van der Waals surface area contributed by atoms with Gasteiger partial charge in [0.25, 0.3) is 0 Å². The van der Waals surface area contributed by atoms with Crippen molar-refractivity contribution in [3.63, 3.8) is 0 Å². The van der Waals surface area contributed by atoms with Crippen molar-refractivity contribution < 1.29 is 14.9 Å². The molecule has 0 aliphatic carbocycles. The number of ether oxygens (including phenoxy) is 1. The van der Waals surface area contributed by atoms with Crippen LogP contribution in [0.5, 0.6) is 17.2 Å². The number of hydrogen-bond acceptors (Lipinski definition) is 4. The van der Waals surface area contributed by atoms with Crippen molar-refractivity contribution in [2.24, 2.45) is 4.99 Å². The van der Waals surface area contributed by atoms with Crippen molar-refractivity contribution in [1.29, 1.82) is 0 Å². The van der Waals surface area contributed by atoms with E-state index < -0.39 is 0 Å². The minimum absolute atomic E-state index is 0.0241. The van der Waals surface area contributed by atoms with Gasteiger partial charge < -0.3 is 14.9 Å². The van der Waals surface area contributed by atoms with Crippen LogP contribution in [0.25, 0.3) is 0 Å². The second kappa shape index (κ2) is 6.30. The Labute approximate surface area is 121 Å². The van der Waals surface area contributed by atoms with Gasteiger partial charge in [-0.1, -0.05) is 11.6 Å². The summed E-state index contributed by atoms with van der Waals surface area (Å²) in [7, 11) is 0. The third-order valence-electron chi connectivity index (χ3n) is 2.59. The minimum Gasteiger partial charge on any atom is -0.507 e. The zero-order valence-electron chi connectivity index (χ0n) is 10.9. The predicted molar refractivity (Wildman–Crippen MR) is 79.6 cm³/mol. The van der Waals surface area contributed by atoms with Gasteiger partial charge in [-0.25, -0.2) is 0 Å². The largest absolute Gasteiger partial charge is 0.507 e. The number of aromatic hydroxyl groups is 2. The summed E-state index contributed by atoms with van der Waals surface area (Å²) < 4.78 is 5.28. The van der Waals surface area contributed by atoms with Gasteiger partial charge in [0.1, 0.15) is 22.9 Å². The van der Waals surface area contributed by atoms with Gasteiger partial charge in [-0.3, -0.25) is 4.99 Å². The topological polar surface area (TPSA) is 62.0 Å². The van der Waals surface area contributed by atoms with Crippen LogP contribution in [0.4, 0.5) is 5.69 Å². The summed E-state index contributed by atoms with van der Waals surface area (Å²) in [6.07, 6.45) is 1.45. The van der Waals surface area contributed by atoms with E-state index in [0.29, 0.717) is 28.6 Å². The van der Waals surface area contributed by atoms with E-state index in [2.05, 4.69) is 4.99 Å². The van der Waals surface area contributed by atoms with Gasteiger partial charge in [-0.15, -0.1) is 0 Å². The van der Waals surface area contributed by atoms with Crippen LogP contribution in [0.15, 0.2) is 41.4 Å². The average Bonchev–Trinajstić information content (AvgIpc) is 2.42. The second-order valence-electron chi connectivity index (χ2n) is 4.04. The van der Waals surface area contributed by atoms with Crippen molar-refractivity contribution in [2.75, 3.05) is 6.61 Å². The van der Waals surface area contributed by atoms with E-state index in [9.17, 15) is 10.2 Å². The first-order valence-corrected chi connectivity index (χ1v) is 6.46. The summed E-state index contributed by atoms with van der Waals surface area (Å²) in [5, 5.41) is 20.0. The molecule has 5 heteroatoms. The van der Waals surface area contributed by atoms with Crippen molar-refractivity contribution in [3.8, 4) is 17.2 Å². The first kappa shape index (κ1) is 14.2. The molecule has 0 amide bonds. The van der Waals surface area contributed by atoms with Gasteiger partial charge in [-0.05, 0) is 37.3 Å². The molecule has 2 rings (SSSR count). The molecule has 0 saturated carbocycles. The van der Waals surface area contributed by atoms with Gasteiger partial charge in [0.2, 0.25) is 0 Å². The first-order chi connectivity index (χ1) is 9.60. The molecule has 0 aromatic heterocycles. The van der Waals surface area contributed by atoms with Gasteiger partial charge >= 0.3 is 0 Å². The van der Waals surface area contributed by atoms with Crippen LogP contribution in [0.1, 0.15) is 12.5 Å². The molecule has 0 atom stereocenters. The van der Waals surface area contributed by atoms with Crippen molar-refractivity contribution in [3.05, 3.63) is 47.0 Å². The molecular weight excluding hydrogens is 278 g/mol. The van der Waals surface area contributed by atoms with E-state index in [1.165, 1.54) is 18.3 Å². The monoisotopic (exact) mass is 291 g/mol. The highest BCUT2D eigenvalue weighted by molar-refractivity contribution is 6.30. The van der Waals surface area contributed by atoms with E-state index in [1.807, 2.05) is 6.92 Å². The van der Waals surface area contributed by atoms with E-state index in [-0.39, 0.29) is 11.5 Å². The Morgan fingerprint density at radius 2 is 1.95 bits per heavy atom. The van der Waals surface area contributed by atoms with Crippen LogP contribution in [0.3, 0.4) is 0 Å². The number of nitrogens with zero attached hydrogens (tertiary/aromatic N) is 1. The molecule has 0 heterocycles. The smallest absolute Gasteiger partial charge is 0.141 e. The lowest BCUT2D eigenvalue weighted by Crippen LogP contribution is -1.92. The molecule has 0 saturated heterocycles. The number of hydrogen-bond donors (Lipinski definition) is 2. The van der Waals surface area contributed by atoms with Crippen LogP contribution >= 0.6 is 11.6 Å². The zero-order valence-corrected chi connectivity index (χ0v) is 11.6. The van der Waals surface area contributed by atoms with Crippen LogP contribution in [-0.4, -0.2) is 23.0 Å². The summed E-state index contributed by atoms with van der Waals surface area (Å²) in [5.74, 6) is 0.671. The Morgan fingerprint density at radius 1 is 1.15 bits per heavy atom. The molecule has 0 bridgehead atoms. The molecule has 0 aliphatic rings. The molecule has 20 heavy (non-hydrogen) atoms. The minimum atomic E-state index is 0.0241. The maximum Gasteiger partial charge on any atom is 0.141 e. The molecule has 2 aromatic rings. The molecular formula is C15H14ClNO3. The van der Waals surface area contributed by atoms with E-state index in [0.717, 1.165) is 0 Å². The molecule has 0 fully saturated rings. The molecule has 2 aromatic carbocycles. The third-order valence-corrected chi connectivity index (χ3v) is 2.83. The number of aliphatic imine (C=N–C) groups is 1. The first-order valence-electron chi connectivity index (χ1n) is 6.08. The number of benzene rings is 2. The zero-order chi connectivity index (χ0) is 14.5. The van der Waals surface area contributed by atoms with Crippen molar-refractivity contribution in [1.82, 2.24) is 0 Å². The molecule has 0 spiro atoms. The lowest BCUT2D eigenvalue weighted by molar-refractivity contribution is 0.337. The fraction of sp³-hybridized carbons (Fsp3) is 0.133. The van der Waals surface area contributed by atoms with Gasteiger partial charge in [0, 0.05) is 22.9 Å². The highest BCUT2D eigenvalue weighted by Crippen LogP contribution is 2.30. The fourth-order valence-electron chi connectivity index (χ4n) is 1.63. The Balaban J connectivity index is 2.25. The lowest BCUT2D eigenvalue weighted by Gasteiger charge is -2.05. The number of rotatable bonds is 4. The number of phenolic OH excluding ortho intramolecular Hbond substituents is 2. The lowest BCUT2D eigenvalue weighted by atomic mass is 10.2. The van der Waals surface area contributed by atoms with Crippen LogP contribution in [-0.2, 0) is 0 Å². The highest BCUT2D eigenvalue weighted by atomic mass is 35.5.